The van der Waals surface area contributed by atoms with Crippen LogP contribution in [-0.2, 0) is 6.42 Å². The van der Waals surface area contributed by atoms with Crippen LogP contribution in [0.4, 0.5) is 5.69 Å². The summed E-state index contributed by atoms with van der Waals surface area (Å²) in [6.07, 6.45) is 10.1. The molecule has 5 nitrogen and oxygen atoms in total. The number of nitrogens with zero attached hydrogens (tertiary/aromatic N) is 1. The maximum atomic E-state index is 11.1. The normalized spacial score (nSPS) is 26.5. The van der Waals surface area contributed by atoms with E-state index in [1.165, 1.54) is 56.2 Å². The fourth-order valence-corrected chi connectivity index (χ4v) is 4.91. The number of H-pyrrole nitrogens is 1. The predicted octanol–water partition coefficient (Wildman–Crippen LogP) is 3.99. The number of hydrogen-bond donors (Lipinski definition) is 2. The highest BCUT2D eigenvalue weighted by Crippen LogP contribution is 2.35. The number of nitro groups is 1. The maximum absolute atomic E-state index is 11.1. The molecule has 1 aromatic carbocycles. The lowest BCUT2D eigenvalue weighted by atomic mass is 9.83. The number of quaternary nitrogens is 1. The molecule has 1 saturated carbocycles. The van der Waals surface area contributed by atoms with Crippen LogP contribution in [0.3, 0.4) is 0 Å². The van der Waals surface area contributed by atoms with Crippen molar-refractivity contribution >= 4 is 16.6 Å². The Labute approximate surface area is 148 Å². The van der Waals surface area contributed by atoms with Gasteiger partial charge in [-0.2, -0.15) is 0 Å². The zero-order valence-corrected chi connectivity index (χ0v) is 15.0. The molecular formula is C20H28N3O2+. The number of nitro benzene ring substituents is 1. The lowest BCUT2D eigenvalue weighted by molar-refractivity contribution is -0.732. The first-order valence-corrected chi connectivity index (χ1v) is 9.79. The van der Waals surface area contributed by atoms with Crippen LogP contribution in [0.25, 0.3) is 10.9 Å². The highest BCUT2D eigenvalue weighted by molar-refractivity contribution is 5.87. The number of benzene rings is 1. The fourth-order valence-electron chi connectivity index (χ4n) is 4.91. The number of fused-ring (bicyclic) bond motifs is 3. The van der Waals surface area contributed by atoms with Crippen LogP contribution in [0.5, 0.6) is 0 Å². The van der Waals surface area contributed by atoms with Crippen LogP contribution in [0, 0.1) is 16.0 Å². The van der Waals surface area contributed by atoms with E-state index < -0.39 is 0 Å². The molecule has 1 atom stereocenters. The van der Waals surface area contributed by atoms with Crippen molar-refractivity contribution in [2.45, 2.75) is 70.4 Å². The Kier molecular flexibility index (Phi) is 4.50. The number of aryl methyl sites for hydroxylation is 1. The Balaban J connectivity index is 1.57. The van der Waals surface area contributed by atoms with Gasteiger partial charge in [-0.05, 0) is 56.1 Å². The molecule has 0 saturated heterocycles. The highest BCUT2D eigenvalue weighted by Gasteiger charge is 2.31. The van der Waals surface area contributed by atoms with Crippen molar-refractivity contribution in [1.82, 2.24) is 4.98 Å². The molecule has 2 aromatic rings. The Morgan fingerprint density at radius 3 is 2.76 bits per heavy atom. The van der Waals surface area contributed by atoms with E-state index in [4.69, 9.17) is 0 Å². The van der Waals surface area contributed by atoms with Gasteiger partial charge in [0.25, 0.3) is 5.69 Å². The van der Waals surface area contributed by atoms with Gasteiger partial charge in [0.1, 0.15) is 6.04 Å². The standard InChI is InChI=1S/C20H27N3O2/c1-2-13-6-8-14(9-7-13)21-19-5-3-4-16-17-12-15(23(24)25)10-11-18(17)22-20(16)19/h10-14,19,21-22H,2-9H2,1H3/p+1/t13?,14?,19-/m0/s1. The summed E-state index contributed by atoms with van der Waals surface area (Å²) < 4.78 is 0. The molecule has 0 unspecified atom stereocenters. The van der Waals surface area contributed by atoms with Crippen LogP contribution < -0.4 is 5.32 Å². The Bertz CT molecular complexity index is 775. The van der Waals surface area contributed by atoms with Gasteiger partial charge in [-0.1, -0.05) is 13.3 Å². The lowest BCUT2D eigenvalue weighted by Gasteiger charge is -2.30. The molecule has 0 bridgehead atoms. The molecule has 2 aliphatic rings. The molecule has 3 N–H and O–H groups in total. The van der Waals surface area contributed by atoms with Gasteiger partial charge in [-0.15, -0.1) is 0 Å². The van der Waals surface area contributed by atoms with Gasteiger partial charge >= 0.3 is 0 Å². The number of aromatic nitrogens is 1. The van der Waals surface area contributed by atoms with Crippen molar-refractivity contribution in [3.63, 3.8) is 0 Å². The topological polar surface area (TPSA) is 75.5 Å². The van der Waals surface area contributed by atoms with Crippen LogP contribution in [0.15, 0.2) is 18.2 Å². The second-order valence-corrected chi connectivity index (χ2v) is 7.88. The quantitative estimate of drug-likeness (QED) is 0.651. The smallest absolute Gasteiger partial charge is 0.270 e. The third kappa shape index (κ3) is 3.17. The van der Waals surface area contributed by atoms with E-state index in [1.54, 1.807) is 12.1 Å². The molecule has 1 fully saturated rings. The zero-order valence-electron chi connectivity index (χ0n) is 15.0. The van der Waals surface area contributed by atoms with E-state index in [0.717, 1.165) is 29.3 Å². The van der Waals surface area contributed by atoms with Gasteiger partial charge in [-0.25, -0.2) is 0 Å². The minimum Gasteiger partial charge on any atom is -0.353 e. The minimum atomic E-state index is -0.294. The number of nitrogens with two attached hydrogens (primary N) is 1. The summed E-state index contributed by atoms with van der Waals surface area (Å²) in [7, 11) is 0. The lowest BCUT2D eigenvalue weighted by Crippen LogP contribution is -2.91. The van der Waals surface area contributed by atoms with E-state index in [0.29, 0.717) is 6.04 Å². The van der Waals surface area contributed by atoms with Crippen molar-refractivity contribution < 1.29 is 10.2 Å². The van der Waals surface area contributed by atoms with Gasteiger partial charge in [-0.3, -0.25) is 10.1 Å². The molecule has 0 amide bonds. The summed E-state index contributed by atoms with van der Waals surface area (Å²) in [5.74, 6) is 0.931. The summed E-state index contributed by atoms with van der Waals surface area (Å²) in [4.78, 5) is 14.4. The van der Waals surface area contributed by atoms with Crippen LogP contribution in [0.2, 0.25) is 0 Å². The van der Waals surface area contributed by atoms with Gasteiger partial charge in [0.2, 0.25) is 0 Å². The minimum absolute atomic E-state index is 0.193. The second kappa shape index (κ2) is 6.79. The molecule has 25 heavy (non-hydrogen) atoms. The van der Waals surface area contributed by atoms with E-state index in [9.17, 15) is 10.1 Å². The number of non-ortho nitro benzene ring substituents is 1. The molecule has 134 valence electrons. The molecular weight excluding hydrogens is 314 g/mol. The van der Waals surface area contributed by atoms with Crippen LogP contribution in [-0.4, -0.2) is 15.9 Å². The Hall–Kier alpha value is -1.88. The average Bonchev–Trinajstić information content (AvgIpc) is 3.01. The van der Waals surface area contributed by atoms with Crippen molar-refractivity contribution in [1.29, 1.82) is 0 Å². The molecule has 5 heteroatoms. The predicted molar refractivity (Wildman–Crippen MR) is 98.6 cm³/mol. The SMILES string of the molecule is CCC1CCC([NH2+][C@H]2CCCc3c2[nH]c2ccc([N+](=O)[O-])cc32)CC1. The second-order valence-electron chi connectivity index (χ2n) is 7.88. The molecule has 1 heterocycles. The Morgan fingerprint density at radius 2 is 2.04 bits per heavy atom. The van der Waals surface area contributed by atoms with E-state index in [1.807, 2.05) is 6.07 Å². The van der Waals surface area contributed by atoms with Crippen LogP contribution in [0.1, 0.15) is 69.2 Å². The first-order chi connectivity index (χ1) is 12.2. The van der Waals surface area contributed by atoms with Crippen LogP contribution >= 0.6 is 0 Å². The molecule has 0 radical (unpaired) electrons. The van der Waals surface area contributed by atoms with Gasteiger partial charge in [0.05, 0.1) is 16.7 Å². The van der Waals surface area contributed by atoms with E-state index in [2.05, 4.69) is 17.2 Å². The molecule has 0 aliphatic heterocycles. The van der Waals surface area contributed by atoms with Crippen molar-refractivity contribution in [3.8, 4) is 0 Å². The molecule has 0 spiro atoms. The highest BCUT2D eigenvalue weighted by atomic mass is 16.6. The van der Waals surface area contributed by atoms with Crippen molar-refractivity contribution in [2.24, 2.45) is 5.92 Å². The third-order valence-corrected chi connectivity index (χ3v) is 6.42. The van der Waals surface area contributed by atoms with Gasteiger partial charge in [0, 0.05) is 29.5 Å². The van der Waals surface area contributed by atoms with Gasteiger partial charge < -0.3 is 10.3 Å². The fraction of sp³-hybridized carbons (Fsp3) is 0.600. The number of rotatable bonds is 4. The van der Waals surface area contributed by atoms with Gasteiger partial charge in [0.15, 0.2) is 0 Å². The summed E-state index contributed by atoms with van der Waals surface area (Å²) >= 11 is 0. The summed E-state index contributed by atoms with van der Waals surface area (Å²) in [6, 6.07) is 6.45. The third-order valence-electron chi connectivity index (χ3n) is 6.42. The number of aromatic amines is 1. The largest absolute Gasteiger partial charge is 0.353 e. The first-order valence-electron chi connectivity index (χ1n) is 9.79. The first kappa shape index (κ1) is 16.6. The number of nitrogens with one attached hydrogen (secondary N) is 1. The maximum Gasteiger partial charge on any atom is 0.270 e. The average molecular weight is 342 g/mol. The van der Waals surface area contributed by atoms with E-state index in [-0.39, 0.29) is 10.6 Å². The van der Waals surface area contributed by atoms with Crippen molar-refractivity contribution in [3.05, 3.63) is 39.6 Å². The molecule has 2 aliphatic carbocycles. The molecule has 4 rings (SSSR count). The number of hydrogen-bond acceptors (Lipinski definition) is 2. The molecule has 1 aromatic heterocycles. The zero-order chi connectivity index (χ0) is 17.4. The summed E-state index contributed by atoms with van der Waals surface area (Å²) in [5.41, 5.74) is 3.87. The summed E-state index contributed by atoms with van der Waals surface area (Å²) in [6.45, 7) is 2.31. The monoisotopic (exact) mass is 342 g/mol. The summed E-state index contributed by atoms with van der Waals surface area (Å²) in [5, 5.41) is 14.7. The Morgan fingerprint density at radius 1 is 1.24 bits per heavy atom. The van der Waals surface area contributed by atoms with E-state index >= 15 is 0 Å². The van der Waals surface area contributed by atoms with Crippen molar-refractivity contribution in [2.75, 3.05) is 0 Å².